The summed E-state index contributed by atoms with van der Waals surface area (Å²) in [5.74, 6) is 0.600. The lowest BCUT2D eigenvalue weighted by Crippen LogP contribution is -2.15. The standard InChI is InChI=1S/C14H18N2/c1-9-6-5-7-10-8-11(15)16-13(12(9)10)14(2,3)4/h5-8H,1-4H3,(H2,15,16). The zero-order valence-electron chi connectivity index (χ0n) is 10.3. The van der Waals surface area contributed by atoms with Gasteiger partial charge >= 0.3 is 0 Å². The first-order chi connectivity index (χ1) is 7.39. The number of pyridine rings is 1. The first kappa shape index (κ1) is 10.9. The number of benzene rings is 1. The van der Waals surface area contributed by atoms with E-state index in [9.17, 15) is 0 Å². The molecule has 16 heavy (non-hydrogen) atoms. The highest BCUT2D eigenvalue weighted by Crippen LogP contribution is 2.31. The van der Waals surface area contributed by atoms with Crippen LogP contribution in [0, 0.1) is 6.92 Å². The van der Waals surface area contributed by atoms with Gasteiger partial charge in [0.1, 0.15) is 5.82 Å². The Morgan fingerprint density at radius 2 is 1.88 bits per heavy atom. The molecule has 2 nitrogen and oxygen atoms in total. The molecule has 2 N–H and O–H groups in total. The van der Waals surface area contributed by atoms with E-state index in [4.69, 9.17) is 5.73 Å². The third-order valence-corrected chi connectivity index (χ3v) is 2.80. The van der Waals surface area contributed by atoms with Crippen LogP contribution >= 0.6 is 0 Å². The van der Waals surface area contributed by atoms with Gasteiger partial charge in [-0.1, -0.05) is 39.0 Å². The van der Waals surface area contributed by atoms with Crippen LogP contribution in [-0.4, -0.2) is 4.98 Å². The third kappa shape index (κ3) is 1.75. The molecule has 0 aliphatic carbocycles. The Hall–Kier alpha value is -1.57. The number of hydrogen-bond acceptors (Lipinski definition) is 2. The minimum atomic E-state index is 0.0136. The van der Waals surface area contributed by atoms with E-state index < -0.39 is 0 Å². The predicted octanol–water partition coefficient (Wildman–Crippen LogP) is 3.42. The summed E-state index contributed by atoms with van der Waals surface area (Å²) in [7, 11) is 0. The van der Waals surface area contributed by atoms with Gasteiger partial charge in [0.25, 0.3) is 0 Å². The van der Waals surface area contributed by atoms with Gasteiger partial charge in [0.05, 0.1) is 5.69 Å². The van der Waals surface area contributed by atoms with Gasteiger partial charge in [-0.2, -0.15) is 0 Å². The van der Waals surface area contributed by atoms with Crippen LogP contribution in [0.3, 0.4) is 0 Å². The van der Waals surface area contributed by atoms with Crippen LogP contribution in [0.4, 0.5) is 5.82 Å². The van der Waals surface area contributed by atoms with E-state index in [1.807, 2.05) is 6.07 Å². The topological polar surface area (TPSA) is 38.9 Å². The van der Waals surface area contributed by atoms with E-state index >= 15 is 0 Å². The smallest absolute Gasteiger partial charge is 0.124 e. The van der Waals surface area contributed by atoms with Crippen molar-refractivity contribution in [3.05, 3.63) is 35.5 Å². The van der Waals surface area contributed by atoms with E-state index in [2.05, 4.69) is 50.9 Å². The van der Waals surface area contributed by atoms with Gasteiger partial charge in [0, 0.05) is 10.8 Å². The van der Waals surface area contributed by atoms with Crippen molar-refractivity contribution in [2.45, 2.75) is 33.1 Å². The third-order valence-electron chi connectivity index (χ3n) is 2.80. The number of rotatable bonds is 0. The maximum absolute atomic E-state index is 5.86. The highest BCUT2D eigenvalue weighted by atomic mass is 14.8. The predicted molar refractivity (Wildman–Crippen MR) is 69.6 cm³/mol. The second kappa shape index (κ2) is 3.48. The molecule has 1 aromatic heterocycles. The molecule has 0 saturated heterocycles. The van der Waals surface area contributed by atoms with Crippen LogP contribution in [-0.2, 0) is 5.41 Å². The molecular weight excluding hydrogens is 196 g/mol. The van der Waals surface area contributed by atoms with Crippen LogP contribution in [0.15, 0.2) is 24.3 Å². The monoisotopic (exact) mass is 214 g/mol. The Morgan fingerprint density at radius 1 is 1.19 bits per heavy atom. The Balaban J connectivity index is 2.91. The molecule has 2 rings (SSSR count). The first-order valence-electron chi connectivity index (χ1n) is 5.56. The molecule has 0 saturated carbocycles. The minimum Gasteiger partial charge on any atom is -0.384 e. The SMILES string of the molecule is Cc1cccc2cc(N)nc(C(C)(C)C)c12. The molecule has 84 valence electrons. The van der Waals surface area contributed by atoms with E-state index in [1.54, 1.807) is 0 Å². The molecule has 0 aliphatic rings. The van der Waals surface area contributed by atoms with Crippen LogP contribution in [0.1, 0.15) is 32.0 Å². The zero-order valence-corrected chi connectivity index (χ0v) is 10.3. The molecule has 0 bridgehead atoms. The van der Waals surface area contributed by atoms with Gasteiger partial charge < -0.3 is 5.73 Å². The summed E-state index contributed by atoms with van der Waals surface area (Å²) < 4.78 is 0. The molecular formula is C14H18N2. The lowest BCUT2D eigenvalue weighted by atomic mass is 9.87. The molecule has 2 aromatic rings. The number of aryl methyl sites for hydroxylation is 1. The molecule has 1 heterocycles. The average molecular weight is 214 g/mol. The fourth-order valence-electron chi connectivity index (χ4n) is 2.05. The normalized spacial score (nSPS) is 12.0. The second-order valence-electron chi connectivity index (χ2n) is 5.32. The summed E-state index contributed by atoms with van der Waals surface area (Å²) in [6.45, 7) is 8.62. The van der Waals surface area contributed by atoms with E-state index in [1.165, 1.54) is 16.3 Å². The van der Waals surface area contributed by atoms with Crippen molar-refractivity contribution in [1.29, 1.82) is 0 Å². The summed E-state index contributed by atoms with van der Waals surface area (Å²) in [5, 5.41) is 2.42. The zero-order chi connectivity index (χ0) is 11.9. The van der Waals surface area contributed by atoms with Gasteiger partial charge in [0.2, 0.25) is 0 Å². The number of aromatic nitrogens is 1. The number of hydrogen-bond donors (Lipinski definition) is 1. The number of nitrogens with two attached hydrogens (primary N) is 1. The summed E-state index contributed by atoms with van der Waals surface area (Å²) in [5.41, 5.74) is 8.22. The number of nitrogens with zero attached hydrogens (tertiary/aromatic N) is 1. The van der Waals surface area contributed by atoms with Gasteiger partial charge in [0.15, 0.2) is 0 Å². The van der Waals surface area contributed by atoms with E-state index in [-0.39, 0.29) is 5.41 Å². The first-order valence-corrected chi connectivity index (χ1v) is 5.56. The Labute approximate surface area is 96.5 Å². The lowest BCUT2D eigenvalue weighted by molar-refractivity contribution is 0.576. The van der Waals surface area contributed by atoms with Crippen molar-refractivity contribution in [2.75, 3.05) is 5.73 Å². The van der Waals surface area contributed by atoms with Crippen molar-refractivity contribution < 1.29 is 0 Å². The Kier molecular flexibility index (Phi) is 2.38. The van der Waals surface area contributed by atoms with E-state index in [0.29, 0.717) is 5.82 Å². The number of fused-ring (bicyclic) bond motifs is 1. The van der Waals surface area contributed by atoms with Gasteiger partial charge in [-0.3, -0.25) is 0 Å². The highest BCUT2D eigenvalue weighted by molar-refractivity contribution is 5.90. The van der Waals surface area contributed by atoms with Crippen molar-refractivity contribution in [3.63, 3.8) is 0 Å². The molecule has 0 fully saturated rings. The van der Waals surface area contributed by atoms with Crippen molar-refractivity contribution in [3.8, 4) is 0 Å². The lowest BCUT2D eigenvalue weighted by Gasteiger charge is -2.21. The van der Waals surface area contributed by atoms with Crippen LogP contribution < -0.4 is 5.73 Å². The fourth-order valence-corrected chi connectivity index (χ4v) is 2.05. The number of nitrogen functional groups attached to an aromatic ring is 1. The second-order valence-corrected chi connectivity index (χ2v) is 5.32. The van der Waals surface area contributed by atoms with Crippen molar-refractivity contribution in [1.82, 2.24) is 4.98 Å². The molecule has 2 heteroatoms. The molecule has 0 unspecified atom stereocenters. The summed E-state index contributed by atoms with van der Waals surface area (Å²) in [4.78, 5) is 4.51. The van der Waals surface area contributed by atoms with Crippen molar-refractivity contribution in [2.24, 2.45) is 0 Å². The summed E-state index contributed by atoms with van der Waals surface area (Å²) in [6, 6.07) is 8.21. The minimum absolute atomic E-state index is 0.0136. The van der Waals surface area contributed by atoms with Gasteiger partial charge in [-0.05, 0) is 23.9 Å². The fraction of sp³-hybridized carbons (Fsp3) is 0.357. The molecule has 0 radical (unpaired) electrons. The maximum Gasteiger partial charge on any atom is 0.124 e. The van der Waals surface area contributed by atoms with Gasteiger partial charge in [-0.15, -0.1) is 0 Å². The molecule has 0 amide bonds. The summed E-state index contributed by atoms with van der Waals surface area (Å²) >= 11 is 0. The Morgan fingerprint density at radius 3 is 2.50 bits per heavy atom. The Bertz CT molecular complexity index is 536. The van der Waals surface area contributed by atoms with E-state index in [0.717, 1.165) is 5.69 Å². The van der Waals surface area contributed by atoms with Crippen molar-refractivity contribution >= 4 is 16.6 Å². The molecule has 0 atom stereocenters. The summed E-state index contributed by atoms with van der Waals surface area (Å²) in [6.07, 6.45) is 0. The largest absolute Gasteiger partial charge is 0.384 e. The maximum atomic E-state index is 5.86. The highest BCUT2D eigenvalue weighted by Gasteiger charge is 2.20. The molecule has 0 aliphatic heterocycles. The van der Waals surface area contributed by atoms with Crippen LogP contribution in [0.5, 0.6) is 0 Å². The molecule has 0 spiro atoms. The average Bonchev–Trinajstić information content (AvgIpc) is 2.15. The van der Waals surface area contributed by atoms with Gasteiger partial charge in [-0.25, -0.2) is 4.98 Å². The quantitative estimate of drug-likeness (QED) is 0.729. The number of anilines is 1. The van der Waals surface area contributed by atoms with Crippen LogP contribution in [0.25, 0.3) is 10.8 Å². The van der Waals surface area contributed by atoms with Crippen LogP contribution in [0.2, 0.25) is 0 Å². The molecule has 1 aromatic carbocycles.